The largest absolute Gasteiger partial charge is 0.333 e. The molecule has 24 heavy (non-hydrogen) atoms. The Labute approximate surface area is 146 Å². The zero-order valence-corrected chi connectivity index (χ0v) is 14.3. The summed E-state index contributed by atoms with van der Waals surface area (Å²) in [4.78, 5) is 21.8. The van der Waals surface area contributed by atoms with Gasteiger partial charge in [0.2, 0.25) is 5.95 Å². The van der Waals surface area contributed by atoms with Gasteiger partial charge in [-0.1, -0.05) is 24.3 Å². The summed E-state index contributed by atoms with van der Waals surface area (Å²) in [7, 11) is 0. The molecule has 0 spiro atoms. The molecule has 1 atom stereocenters. The predicted octanol–water partition coefficient (Wildman–Crippen LogP) is 3.50. The van der Waals surface area contributed by atoms with Crippen molar-refractivity contribution in [1.82, 2.24) is 14.5 Å². The normalized spacial score (nSPS) is 17.7. The number of halogens is 1. The first-order valence-electron chi connectivity index (χ1n) is 8.02. The number of nitrogens with zero attached hydrogens (tertiary/aromatic N) is 4. The van der Waals surface area contributed by atoms with Crippen molar-refractivity contribution in [3.05, 3.63) is 49.6 Å². The lowest BCUT2D eigenvalue weighted by Gasteiger charge is -2.30. The van der Waals surface area contributed by atoms with Gasteiger partial charge in [0.25, 0.3) is 0 Å². The molecular weight excluding hydrogens is 324 g/mol. The third-order valence-electron chi connectivity index (χ3n) is 4.25. The Kier molecular flexibility index (Phi) is 4.90. The molecule has 6 heteroatoms. The Morgan fingerprint density at radius 1 is 1.25 bits per heavy atom. The molecule has 2 aromatic rings. The molecule has 1 aliphatic rings. The van der Waals surface area contributed by atoms with Crippen LogP contribution in [0, 0.1) is 0 Å². The van der Waals surface area contributed by atoms with Crippen LogP contribution in [0.25, 0.3) is 11.0 Å². The van der Waals surface area contributed by atoms with Gasteiger partial charge in [0, 0.05) is 25.5 Å². The topological polar surface area (TPSA) is 41.4 Å². The number of anilines is 1. The van der Waals surface area contributed by atoms with Gasteiger partial charge in [-0.15, -0.1) is 24.8 Å². The zero-order chi connectivity index (χ0) is 17.1. The van der Waals surface area contributed by atoms with Crippen LogP contribution >= 0.6 is 11.6 Å². The van der Waals surface area contributed by atoms with Crippen LogP contribution in [0.5, 0.6) is 0 Å². The molecule has 1 aromatic heterocycles. The number of carbonyl (C=O) groups is 1. The quantitative estimate of drug-likeness (QED) is 0.595. The second-order valence-corrected chi connectivity index (χ2v) is 6.16. The molecule has 0 saturated carbocycles. The van der Waals surface area contributed by atoms with Gasteiger partial charge in [0.05, 0.1) is 17.1 Å². The van der Waals surface area contributed by atoms with Crippen molar-refractivity contribution in [2.24, 2.45) is 0 Å². The van der Waals surface area contributed by atoms with Crippen molar-refractivity contribution in [3.63, 3.8) is 0 Å². The maximum absolute atomic E-state index is 13.1. The number of fused-ring (bicyclic) bond motifs is 3. The van der Waals surface area contributed by atoms with Crippen molar-refractivity contribution in [2.45, 2.75) is 12.5 Å². The number of aromatic nitrogens is 2. The van der Waals surface area contributed by atoms with Crippen LogP contribution in [0.1, 0.15) is 6.42 Å². The summed E-state index contributed by atoms with van der Waals surface area (Å²) >= 11 is 6.02. The van der Waals surface area contributed by atoms with E-state index in [2.05, 4.69) is 18.1 Å². The number of hydrogen-bond acceptors (Lipinski definition) is 3. The van der Waals surface area contributed by atoms with Crippen LogP contribution in [0.15, 0.2) is 49.6 Å². The van der Waals surface area contributed by atoms with Crippen LogP contribution < -0.4 is 4.90 Å². The molecule has 0 saturated heterocycles. The average molecular weight is 345 g/mol. The number of imidazole rings is 1. The molecule has 0 aliphatic carbocycles. The lowest BCUT2D eigenvalue weighted by Crippen LogP contribution is -2.43. The molecular formula is C18H21ClN4O. The lowest BCUT2D eigenvalue weighted by molar-refractivity contribution is 0.206. The third kappa shape index (κ3) is 2.80. The summed E-state index contributed by atoms with van der Waals surface area (Å²) in [5.41, 5.74) is 1.62. The molecule has 1 unspecified atom stereocenters. The van der Waals surface area contributed by atoms with E-state index in [4.69, 9.17) is 16.6 Å². The van der Waals surface area contributed by atoms with Gasteiger partial charge >= 0.3 is 6.03 Å². The third-order valence-corrected chi connectivity index (χ3v) is 4.47. The van der Waals surface area contributed by atoms with Gasteiger partial charge in [-0.2, -0.15) is 0 Å². The average Bonchev–Trinajstić information content (AvgIpc) is 2.93. The lowest BCUT2D eigenvalue weighted by atomic mass is 10.2. The van der Waals surface area contributed by atoms with E-state index in [-0.39, 0.29) is 12.1 Å². The molecule has 0 N–H and O–H groups in total. The first kappa shape index (κ1) is 16.6. The highest BCUT2D eigenvalue weighted by Crippen LogP contribution is 2.28. The first-order valence-corrected chi connectivity index (χ1v) is 8.55. The predicted molar refractivity (Wildman–Crippen MR) is 99.0 cm³/mol. The minimum atomic E-state index is -0.0789. The minimum absolute atomic E-state index is 0.0789. The number of amides is 1. The zero-order valence-electron chi connectivity index (χ0n) is 13.6. The van der Waals surface area contributed by atoms with Gasteiger partial charge in [0.15, 0.2) is 0 Å². The number of rotatable bonds is 6. The van der Waals surface area contributed by atoms with Gasteiger partial charge in [-0.25, -0.2) is 14.3 Å². The fourth-order valence-corrected chi connectivity index (χ4v) is 3.43. The minimum Gasteiger partial charge on any atom is -0.333 e. The summed E-state index contributed by atoms with van der Waals surface area (Å²) in [6, 6.07) is 7.69. The first-order chi connectivity index (χ1) is 11.7. The summed E-state index contributed by atoms with van der Waals surface area (Å²) in [6.45, 7) is 9.32. The molecule has 0 bridgehead atoms. The molecule has 3 rings (SSSR count). The summed E-state index contributed by atoms with van der Waals surface area (Å²) in [5, 5.41) is 0. The van der Waals surface area contributed by atoms with Crippen molar-refractivity contribution in [3.8, 4) is 0 Å². The van der Waals surface area contributed by atoms with Gasteiger partial charge in [-0.05, 0) is 18.6 Å². The summed E-state index contributed by atoms with van der Waals surface area (Å²) in [6.07, 6.45) is 4.34. The van der Waals surface area contributed by atoms with E-state index in [1.165, 1.54) is 0 Å². The maximum atomic E-state index is 13.1. The number of hydrogen-bond donors (Lipinski definition) is 0. The van der Waals surface area contributed by atoms with Crippen molar-refractivity contribution in [2.75, 3.05) is 30.4 Å². The Balaban J connectivity index is 2.20. The molecule has 0 fully saturated rings. The number of carbonyl (C=O) groups excluding carboxylic acids is 1. The smallest absolute Gasteiger partial charge is 0.331 e. The highest BCUT2D eigenvalue weighted by Gasteiger charge is 2.33. The van der Waals surface area contributed by atoms with Crippen LogP contribution in [0.3, 0.4) is 0 Å². The van der Waals surface area contributed by atoms with Gasteiger partial charge in [0.1, 0.15) is 0 Å². The molecule has 0 radical (unpaired) electrons. The van der Waals surface area contributed by atoms with Crippen LogP contribution in [0.4, 0.5) is 10.7 Å². The molecule has 5 nitrogen and oxygen atoms in total. The Bertz CT molecular complexity index is 769. The Morgan fingerprint density at radius 2 is 2.00 bits per heavy atom. The van der Waals surface area contributed by atoms with Gasteiger partial charge < -0.3 is 9.80 Å². The summed E-state index contributed by atoms with van der Waals surface area (Å²) < 4.78 is 1.69. The van der Waals surface area contributed by atoms with Crippen molar-refractivity contribution in [1.29, 1.82) is 0 Å². The number of benzene rings is 1. The van der Waals surface area contributed by atoms with E-state index < -0.39 is 0 Å². The van der Waals surface area contributed by atoms with Gasteiger partial charge in [-0.3, -0.25) is 0 Å². The molecule has 2 heterocycles. The molecule has 1 aromatic carbocycles. The van der Waals surface area contributed by atoms with E-state index in [0.717, 1.165) is 17.5 Å². The van der Waals surface area contributed by atoms with E-state index in [1.54, 1.807) is 15.5 Å². The Morgan fingerprint density at radius 3 is 2.71 bits per heavy atom. The second-order valence-electron chi connectivity index (χ2n) is 5.78. The van der Waals surface area contributed by atoms with Crippen LogP contribution in [0.2, 0.25) is 0 Å². The van der Waals surface area contributed by atoms with Crippen molar-refractivity contribution < 1.29 is 4.79 Å². The number of para-hydroxylation sites is 2. The van der Waals surface area contributed by atoms with E-state index in [1.807, 2.05) is 30.3 Å². The number of alkyl halides is 1. The highest BCUT2D eigenvalue weighted by atomic mass is 35.5. The van der Waals surface area contributed by atoms with Crippen molar-refractivity contribution >= 4 is 34.6 Å². The van der Waals surface area contributed by atoms with Crippen LogP contribution in [-0.2, 0) is 0 Å². The Hall–Kier alpha value is -2.27. The fourth-order valence-electron chi connectivity index (χ4n) is 3.18. The molecule has 1 amide bonds. The second kappa shape index (κ2) is 7.09. The highest BCUT2D eigenvalue weighted by molar-refractivity contribution is 6.17. The summed E-state index contributed by atoms with van der Waals surface area (Å²) in [5.74, 6) is 1.18. The monoisotopic (exact) mass is 344 g/mol. The van der Waals surface area contributed by atoms with Crippen LogP contribution in [-0.4, -0.2) is 52.0 Å². The maximum Gasteiger partial charge on any atom is 0.331 e. The van der Waals surface area contributed by atoms with E-state index in [9.17, 15) is 4.79 Å². The standard InChI is InChI=1S/C18H21ClN4O/c1-3-11-21-13-14(9-10-19)22(12-4-2)17-20-15-7-5-6-8-16(15)23(17)18(21)24/h3-8,14H,1-2,9-13H2. The van der Waals surface area contributed by atoms with E-state index in [0.29, 0.717) is 31.5 Å². The fraction of sp³-hybridized carbons (Fsp3) is 0.333. The van der Waals surface area contributed by atoms with E-state index >= 15 is 0 Å². The molecule has 126 valence electrons. The SMILES string of the molecule is C=CCN1CC(CCCl)N(CC=C)c2nc3ccccc3n2C1=O. The molecule has 1 aliphatic heterocycles.